The highest BCUT2D eigenvalue weighted by atomic mass is 79.9. The minimum absolute atomic E-state index is 0.510. The van der Waals surface area contributed by atoms with Crippen LogP contribution in [0.5, 0.6) is 0 Å². The quantitative estimate of drug-likeness (QED) is 0.879. The van der Waals surface area contributed by atoms with Gasteiger partial charge in [0.05, 0.1) is 5.60 Å². The highest BCUT2D eigenvalue weighted by Crippen LogP contribution is 2.27. The van der Waals surface area contributed by atoms with Gasteiger partial charge in [-0.2, -0.15) is 0 Å². The van der Waals surface area contributed by atoms with E-state index in [4.69, 9.17) is 0 Å². The van der Waals surface area contributed by atoms with Crippen LogP contribution in [0.3, 0.4) is 0 Å². The van der Waals surface area contributed by atoms with E-state index in [9.17, 15) is 5.11 Å². The average Bonchev–Trinajstić information content (AvgIpc) is 2.51. The highest BCUT2D eigenvalue weighted by molar-refractivity contribution is 9.10. The van der Waals surface area contributed by atoms with E-state index < -0.39 is 5.60 Å². The van der Waals surface area contributed by atoms with Gasteiger partial charge in [-0.05, 0) is 34.8 Å². The van der Waals surface area contributed by atoms with E-state index in [0.717, 1.165) is 23.7 Å². The van der Waals surface area contributed by atoms with Crippen LogP contribution in [-0.2, 0) is 6.42 Å². The Morgan fingerprint density at radius 2 is 2.08 bits per heavy atom. The summed E-state index contributed by atoms with van der Waals surface area (Å²) in [6.45, 7) is 4.07. The summed E-state index contributed by atoms with van der Waals surface area (Å²) in [4.78, 5) is 1.25. The highest BCUT2D eigenvalue weighted by Gasteiger charge is 2.23. The Morgan fingerprint density at radius 3 is 2.46 bits per heavy atom. The van der Waals surface area contributed by atoms with Crippen molar-refractivity contribution in [2.45, 2.75) is 38.7 Å². The molecule has 1 aromatic rings. The maximum atomic E-state index is 10.1. The van der Waals surface area contributed by atoms with Gasteiger partial charge in [-0.15, -0.1) is 11.3 Å². The molecule has 0 unspecified atom stereocenters. The summed E-state index contributed by atoms with van der Waals surface area (Å²) >= 11 is 5.11. The van der Waals surface area contributed by atoms with Gasteiger partial charge in [0.15, 0.2) is 0 Å². The minimum Gasteiger partial charge on any atom is -0.390 e. The molecule has 0 saturated heterocycles. The number of aliphatic hydroxyl groups is 1. The summed E-state index contributed by atoms with van der Waals surface area (Å²) in [7, 11) is 0. The van der Waals surface area contributed by atoms with Crippen LogP contribution in [0.15, 0.2) is 15.9 Å². The average molecular weight is 263 g/mol. The van der Waals surface area contributed by atoms with E-state index in [1.54, 1.807) is 11.3 Å². The molecule has 0 aliphatic rings. The molecule has 1 N–H and O–H groups in total. The van der Waals surface area contributed by atoms with E-state index >= 15 is 0 Å². The molecular formula is C10H15BrOS. The first-order valence-electron chi connectivity index (χ1n) is 4.55. The molecule has 13 heavy (non-hydrogen) atoms. The normalized spacial score (nSPS) is 12.0. The van der Waals surface area contributed by atoms with Gasteiger partial charge in [-0.1, -0.05) is 13.8 Å². The Morgan fingerprint density at radius 1 is 1.46 bits per heavy atom. The minimum atomic E-state index is -0.510. The van der Waals surface area contributed by atoms with Gasteiger partial charge in [-0.3, -0.25) is 0 Å². The molecule has 1 rings (SSSR count). The molecule has 1 heterocycles. The van der Waals surface area contributed by atoms with Gasteiger partial charge in [0.25, 0.3) is 0 Å². The fraction of sp³-hybridized carbons (Fsp3) is 0.600. The van der Waals surface area contributed by atoms with Crippen molar-refractivity contribution in [2.24, 2.45) is 0 Å². The zero-order valence-electron chi connectivity index (χ0n) is 8.01. The van der Waals surface area contributed by atoms with Gasteiger partial charge in [0.1, 0.15) is 0 Å². The molecule has 0 spiro atoms. The van der Waals surface area contributed by atoms with Crippen LogP contribution in [0.25, 0.3) is 0 Å². The standard InChI is InChI=1S/C10H15BrOS/c1-3-10(12,4-2)6-9-5-8(11)7-13-9/h5,7,12H,3-4,6H2,1-2H3. The van der Waals surface area contributed by atoms with E-state index in [2.05, 4.69) is 27.4 Å². The largest absolute Gasteiger partial charge is 0.390 e. The van der Waals surface area contributed by atoms with Gasteiger partial charge in [0.2, 0.25) is 0 Å². The predicted molar refractivity (Wildman–Crippen MR) is 61.3 cm³/mol. The van der Waals surface area contributed by atoms with Gasteiger partial charge < -0.3 is 5.11 Å². The van der Waals surface area contributed by atoms with Crippen LogP contribution >= 0.6 is 27.3 Å². The lowest BCUT2D eigenvalue weighted by atomic mass is 9.93. The maximum Gasteiger partial charge on any atom is 0.0690 e. The van der Waals surface area contributed by atoms with Crippen molar-refractivity contribution in [3.8, 4) is 0 Å². The van der Waals surface area contributed by atoms with Gasteiger partial charge >= 0.3 is 0 Å². The molecule has 0 aliphatic carbocycles. The van der Waals surface area contributed by atoms with Crippen LogP contribution < -0.4 is 0 Å². The molecule has 0 fully saturated rings. The molecule has 0 bridgehead atoms. The summed E-state index contributed by atoms with van der Waals surface area (Å²) < 4.78 is 1.11. The second kappa shape index (κ2) is 4.58. The van der Waals surface area contributed by atoms with Gasteiger partial charge in [-0.25, -0.2) is 0 Å². The monoisotopic (exact) mass is 262 g/mol. The van der Waals surface area contributed by atoms with Crippen molar-refractivity contribution in [3.05, 3.63) is 20.8 Å². The van der Waals surface area contributed by atoms with E-state index in [1.807, 2.05) is 13.8 Å². The number of thiophene rings is 1. The van der Waals surface area contributed by atoms with Crippen LogP contribution in [0.4, 0.5) is 0 Å². The topological polar surface area (TPSA) is 20.2 Å². The third-order valence-corrected chi connectivity index (χ3v) is 4.14. The molecule has 74 valence electrons. The first-order chi connectivity index (χ1) is 6.09. The zero-order valence-corrected chi connectivity index (χ0v) is 10.4. The molecule has 1 nitrogen and oxygen atoms in total. The van der Waals surface area contributed by atoms with Crippen LogP contribution in [0.1, 0.15) is 31.6 Å². The molecular weight excluding hydrogens is 248 g/mol. The molecule has 0 aliphatic heterocycles. The maximum absolute atomic E-state index is 10.1. The second-order valence-electron chi connectivity index (χ2n) is 3.34. The van der Waals surface area contributed by atoms with Crippen molar-refractivity contribution in [2.75, 3.05) is 0 Å². The van der Waals surface area contributed by atoms with Crippen LogP contribution in [0, 0.1) is 0 Å². The van der Waals surface area contributed by atoms with Crippen molar-refractivity contribution in [1.82, 2.24) is 0 Å². The van der Waals surface area contributed by atoms with Crippen molar-refractivity contribution < 1.29 is 5.11 Å². The molecule has 0 radical (unpaired) electrons. The number of rotatable bonds is 4. The van der Waals surface area contributed by atoms with E-state index in [1.165, 1.54) is 4.88 Å². The second-order valence-corrected chi connectivity index (χ2v) is 5.25. The van der Waals surface area contributed by atoms with Crippen LogP contribution in [0.2, 0.25) is 0 Å². The Kier molecular flexibility index (Phi) is 3.95. The predicted octanol–water partition coefficient (Wildman–Crippen LogP) is 3.60. The Balaban J connectivity index is 2.67. The summed E-state index contributed by atoms with van der Waals surface area (Å²) in [6.07, 6.45) is 2.41. The fourth-order valence-electron chi connectivity index (χ4n) is 1.27. The summed E-state index contributed by atoms with van der Waals surface area (Å²) in [6, 6.07) is 2.08. The first-order valence-corrected chi connectivity index (χ1v) is 6.22. The third kappa shape index (κ3) is 3.08. The number of hydrogen-bond acceptors (Lipinski definition) is 2. The summed E-state index contributed by atoms with van der Waals surface area (Å²) in [5.74, 6) is 0. The molecule has 1 aromatic heterocycles. The van der Waals surface area contributed by atoms with E-state index in [-0.39, 0.29) is 0 Å². The zero-order chi connectivity index (χ0) is 9.90. The Labute approximate surface area is 91.9 Å². The SMILES string of the molecule is CCC(O)(CC)Cc1cc(Br)cs1. The van der Waals surface area contributed by atoms with Crippen molar-refractivity contribution in [3.63, 3.8) is 0 Å². The van der Waals surface area contributed by atoms with E-state index in [0.29, 0.717) is 0 Å². The van der Waals surface area contributed by atoms with Gasteiger partial charge in [0, 0.05) is 21.2 Å². The Hall–Kier alpha value is 0.140. The lowest BCUT2D eigenvalue weighted by Gasteiger charge is -2.24. The fourth-order valence-corrected chi connectivity index (χ4v) is 2.86. The molecule has 3 heteroatoms. The lowest BCUT2D eigenvalue weighted by Crippen LogP contribution is -2.28. The van der Waals surface area contributed by atoms with Crippen molar-refractivity contribution in [1.29, 1.82) is 0 Å². The lowest BCUT2D eigenvalue weighted by molar-refractivity contribution is 0.0334. The third-order valence-electron chi connectivity index (χ3n) is 2.44. The molecule has 0 aromatic carbocycles. The summed E-state index contributed by atoms with van der Waals surface area (Å²) in [5, 5.41) is 12.1. The van der Waals surface area contributed by atoms with Crippen molar-refractivity contribution >= 4 is 27.3 Å². The number of halogens is 1. The molecule has 0 atom stereocenters. The summed E-state index contributed by atoms with van der Waals surface area (Å²) in [5.41, 5.74) is -0.510. The smallest absolute Gasteiger partial charge is 0.0690 e. The number of hydrogen-bond donors (Lipinski definition) is 1. The first kappa shape index (κ1) is 11.2. The Bertz CT molecular complexity index is 266. The molecule has 0 amide bonds. The molecule has 0 saturated carbocycles. The van der Waals surface area contributed by atoms with Crippen LogP contribution in [-0.4, -0.2) is 10.7 Å².